The maximum atomic E-state index is 12.2. The molecule has 1 atom stereocenters. The summed E-state index contributed by atoms with van der Waals surface area (Å²) >= 11 is 0. The van der Waals surface area contributed by atoms with Crippen LogP contribution < -0.4 is 10.2 Å². The van der Waals surface area contributed by atoms with Crippen LogP contribution in [-0.2, 0) is 4.74 Å². The summed E-state index contributed by atoms with van der Waals surface area (Å²) in [5, 5.41) is 2.96. The van der Waals surface area contributed by atoms with Crippen LogP contribution in [0.4, 0.5) is 10.5 Å². The third kappa shape index (κ3) is 3.47. The molecule has 2 amide bonds. The minimum absolute atomic E-state index is 0.00536. The van der Waals surface area contributed by atoms with E-state index in [1.54, 1.807) is 0 Å². The van der Waals surface area contributed by atoms with Crippen LogP contribution in [0.2, 0.25) is 0 Å². The predicted octanol–water partition coefficient (Wildman–Crippen LogP) is 1.96. The molecule has 1 N–H and O–H groups in total. The van der Waals surface area contributed by atoms with Gasteiger partial charge >= 0.3 is 6.03 Å². The van der Waals surface area contributed by atoms with Crippen LogP contribution in [0.25, 0.3) is 0 Å². The summed E-state index contributed by atoms with van der Waals surface area (Å²) in [6.45, 7) is 6.13. The minimum atomic E-state index is -0.0905. The molecule has 5 nitrogen and oxygen atoms in total. The Hall–Kier alpha value is -1.75. The van der Waals surface area contributed by atoms with Gasteiger partial charge in [0.2, 0.25) is 0 Å². The van der Waals surface area contributed by atoms with Crippen molar-refractivity contribution >= 4 is 11.7 Å². The van der Waals surface area contributed by atoms with Gasteiger partial charge in [0.1, 0.15) is 6.23 Å². The summed E-state index contributed by atoms with van der Waals surface area (Å²) in [5.74, 6) is 0. The van der Waals surface area contributed by atoms with Crippen LogP contribution in [0.15, 0.2) is 24.3 Å². The van der Waals surface area contributed by atoms with E-state index < -0.39 is 0 Å². The number of benzene rings is 1. The Morgan fingerprint density at radius 3 is 2.76 bits per heavy atom. The van der Waals surface area contributed by atoms with Gasteiger partial charge in [-0.25, -0.2) is 4.79 Å². The molecular weight excluding hydrogens is 266 g/mol. The number of hydrogen-bond acceptors (Lipinski definition) is 3. The van der Waals surface area contributed by atoms with E-state index in [4.69, 9.17) is 4.74 Å². The molecule has 2 saturated heterocycles. The largest absolute Gasteiger partial charge is 0.368 e. The quantitative estimate of drug-likeness (QED) is 0.905. The van der Waals surface area contributed by atoms with Gasteiger partial charge in [-0.2, -0.15) is 0 Å². The van der Waals surface area contributed by atoms with Gasteiger partial charge in [-0.15, -0.1) is 0 Å². The molecule has 0 spiro atoms. The van der Waals surface area contributed by atoms with Crippen LogP contribution in [0.5, 0.6) is 0 Å². The zero-order chi connectivity index (χ0) is 14.7. The first-order chi connectivity index (χ1) is 10.2. The number of amides is 2. The molecule has 0 aromatic heterocycles. The van der Waals surface area contributed by atoms with Gasteiger partial charge in [0.25, 0.3) is 0 Å². The summed E-state index contributed by atoms with van der Waals surface area (Å²) in [5.41, 5.74) is 2.51. The summed E-state index contributed by atoms with van der Waals surface area (Å²) in [4.78, 5) is 16.4. The maximum Gasteiger partial charge on any atom is 0.319 e. The van der Waals surface area contributed by atoms with Crippen LogP contribution in [-0.4, -0.2) is 49.9 Å². The first-order valence-electron chi connectivity index (χ1n) is 7.71. The van der Waals surface area contributed by atoms with E-state index in [0.29, 0.717) is 0 Å². The molecule has 2 heterocycles. The average molecular weight is 289 g/mol. The number of hydrogen-bond donors (Lipinski definition) is 1. The average Bonchev–Trinajstić information content (AvgIpc) is 3.00. The standard InChI is InChI=1S/C16H23N3O2/c1-13-4-2-5-14(12-13)18-7-9-19(10-8-18)16(20)17-15-6-3-11-21-15/h2,4-5,12,15H,3,6-11H2,1H3,(H,17,20). The lowest BCUT2D eigenvalue weighted by atomic mass is 10.2. The van der Waals surface area contributed by atoms with Crippen LogP contribution in [0.3, 0.4) is 0 Å². The molecule has 2 fully saturated rings. The van der Waals surface area contributed by atoms with Crippen molar-refractivity contribution in [1.82, 2.24) is 10.2 Å². The highest BCUT2D eigenvalue weighted by atomic mass is 16.5. The molecular formula is C16H23N3O2. The number of aryl methyl sites for hydroxylation is 1. The molecule has 0 radical (unpaired) electrons. The van der Waals surface area contributed by atoms with Crippen molar-refractivity contribution in [2.24, 2.45) is 0 Å². The number of piperazine rings is 1. The first-order valence-corrected chi connectivity index (χ1v) is 7.71. The molecule has 0 bridgehead atoms. The lowest BCUT2D eigenvalue weighted by Gasteiger charge is -2.36. The highest BCUT2D eigenvalue weighted by Gasteiger charge is 2.24. The number of nitrogens with one attached hydrogen (secondary N) is 1. The van der Waals surface area contributed by atoms with Gasteiger partial charge < -0.3 is 19.9 Å². The third-order valence-corrected chi connectivity index (χ3v) is 4.15. The van der Waals surface area contributed by atoms with Gasteiger partial charge in [0.05, 0.1) is 0 Å². The number of nitrogens with zero attached hydrogens (tertiary/aromatic N) is 2. The Morgan fingerprint density at radius 2 is 2.10 bits per heavy atom. The molecule has 21 heavy (non-hydrogen) atoms. The van der Waals surface area contributed by atoms with Gasteiger partial charge in [-0.1, -0.05) is 12.1 Å². The van der Waals surface area contributed by atoms with Crippen molar-refractivity contribution in [2.45, 2.75) is 26.0 Å². The number of carbonyl (C=O) groups is 1. The minimum Gasteiger partial charge on any atom is -0.368 e. The molecule has 5 heteroatoms. The van der Waals surface area contributed by atoms with E-state index in [-0.39, 0.29) is 12.3 Å². The summed E-state index contributed by atoms with van der Waals surface area (Å²) in [6, 6.07) is 8.53. The van der Waals surface area contributed by atoms with Crippen molar-refractivity contribution in [3.05, 3.63) is 29.8 Å². The second kappa shape index (κ2) is 6.35. The van der Waals surface area contributed by atoms with Gasteiger partial charge in [0, 0.05) is 38.5 Å². The number of carbonyl (C=O) groups excluding carboxylic acids is 1. The number of anilines is 1. The molecule has 0 saturated carbocycles. The Labute approximate surface area is 125 Å². The van der Waals surface area contributed by atoms with E-state index in [2.05, 4.69) is 41.4 Å². The molecule has 2 aliphatic heterocycles. The molecule has 1 aromatic rings. The second-order valence-electron chi connectivity index (χ2n) is 5.76. The SMILES string of the molecule is Cc1cccc(N2CCN(C(=O)NC3CCCO3)CC2)c1. The second-order valence-corrected chi connectivity index (χ2v) is 5.76. The van der Waals surface area contributed by atoms with Crippen LogP contribution in [0.1, 0.15) is 18.4 Å². The van der Waals surface area contributed by atoms with Crippen molar-refractivity contribution in [2.75, 3.05) is 37.7 Å². The van der Waals surface area contributed by atoms with Crippen molar-refractivity contribution in [3.63, 3.8) is 0 Å². The third-order valence-electron chi connectivity index (χ3n) is 4.15. The lowest BCUT2D eigenvalue weighted by molar-refractivity contribution is 0.0831. The number of rotatable bonds is 2. The highest BCUT2D eigenvalue weighted by Crippen LogP contribution is 2.18. The van der Waals surface area contributed by atoms with E-state index in [1.807, 2.05) is 4.90 Å². The van der Waals surface area contributed by atoms with E-state index in [0.717, 1.165) is 45.6 Å². The summed E-state index contributed by atoms with van der Waals surface area (Å²) < 4.78 is 5.45. The van der Waals surface area contributed by atoms with Gasteiger partial charge in [-0.05, 0) is 37.5 Å². The monoisotopic (exact) mass is 289 g/mol. The summed E-state index contributed by atoms with van der Waals surface area (Å²) in [7, 11) is 0. The fourth-order valence-electron chi connectivity index (χ4n) is 2.91. The normalized spacial score (nSPS) is 22.4. The number of urea groups is 1. The van der Waals surface area contributed by atoms with Crippen molar-refractivity contribution in [1.29, 1.82) is 0 Å². The molecule has 1 unspecified atom stereocenters. The molecule has 114 valence electrons. The van der Waals surface area contributed by atoms with E-state index in [1.165, 1.54) is 11.3 Å². The fraction of sp³-hybridized carbons (Fsp3) is 0.562. The zero-order valence-corrected chi connectivity index (χ0v) is 12.5. The topological polar surface area (TPSA) is 44.8 Å². The lowest BCUT2D eigenvalue weighted by Crippen LogP contribution is -2.53. The smallest absolute Gasteiger partial charge is 0.319 e. The van der Waals surface area contributed by atoms with Crippen LogP contribution >= 0.6 is 0 Å². The Bertz CT molecular complexity index is 492. The van der Waals surface area contributed by atoms with Crippen LogP contribution in [0, 0.1) is 6.92 Å². The molecule has 2 aliphatic rings. The fourth-order valence-corrected chi connectivity index (χ4v) is 2.91. The highest BCUT2D eigenvalue weighted by molar-refractivity contribution is 5.74. The Morgan fingerprint density at radius 1 is 1.29 bits per heavy atom. The summed E-state index contributed by atoms with van der Waals surface area (Å²) in [6.07, 6.45) is 1.87. The van der Waals surface area contributed by atoms with E-state index >= 15 is 0 Å². The first kappa shape index (κ1) is 14.2. The Balaban J connectivity index is 1.51. The molecule has 0 aliphatic carbocycles. The van der Waals surface area contributed by atoms with Crippen molar-refractivity contribution in [3.8, 4) is 0 Å². The Kier molecular flexibility index (Phi) is 4.29. The molecule has 3 rings (SSSR count). The zero-order valence-electron chi connectivity index (χ0n) is 12.5. The maximum absolute atomic E-state index is 12.2. The predicted molar refractivity (Wildman–Crippen MR) is 82.5 cm³/mol. The molecule has 1 aromatic carbocycles. The van der Waals surface area contributed by atoms with E-state index in [9.17, 15) is 4.79 Å². The number of ether oxygens (including phenoxy) is 1. The van der Waals surface area contributed by atoms with Crippen molar-refractivity contribution < 1.29 is 9.53 Å². The van der Waals surface area contributed by atoms with Gasteiger partial charge in [0.15, 0.2) is 0 Å². The van der Waals surface area contributed by atoms with Gasteiger partial charge in [-0.3, -0.25) is 0 Å².